The quantitative estimate of drug-likeness (QED) is 0.480. The highest BCUT2D eigenvalue weighted by molar-refractivity contribution is 7.99. The van der Waals surface area contributed by atoms with Gasteiger partial charge in [-0.25, -0.2) is 0 Å². The minimum atomic E-state index is -0.427. The Morgan fingerprint density at radius 2 is 2.19 bits per heavy atom. The lowest BCUT2D eigenvalue weighted by Crippen LogP contribution is -2.34. The summed E-state index contributed by atoms with van der Waals surface area (Å²) in [5.41, 5.74) is -0.180. The average Bonchev–Trinajstić information content (AvgIpc) is 2.19. The lowest BCUT2D eigenvalue weighted by Gasteiger charge is -2.22. The molecule has 1 unspecified atom stereocenters. The van der Waals surface area contributed by atoms with E-state index in [4.69, 9.17) is 4.74 Å². The number of thioether (sulfide) groups is 1. The van der Waals surface area contributed by atoms with Crippen molar-refractivity contribution in [1.82, 2.24) is 5.32 Å². The van der Waals surface area contributed by atoms with Crippen LogP contribution in [0.5, 0.6) is 0 Å². The Hall–Kier alpha value is -0.0300. The molecule has 1 atom stereocenters. The molecular formula is C12H25NO2S. The van der Waals surface area contributed by atoms with Gasteiger partial charge in [0, 0.05) is 24.6 Å². The van der Waals surface area contributed by atoms with Gasteiger partial charge in [0.15, 0.2) is 0 Å². The molecule has 0 saturated carbocycles. The van der Waals surface area contributed by atoms with Gasteiger partial charge in [0.2, 0.25) is 0 Å². The standard InChI is InChI=1S/C12H25NO2S/c1-5-7-16-8-6-13-9-11(14)10-15-12(2,3)4/h5,11,13-14H,1,6-10H2,2-4H3. The Bertz CT molecular complexity index is 180. The Balaban J connectivity index is 3.30. The molecule has 0 fully saturated rings. The summed E-state index contributed by atoms with van der Waals surface area (Å²) in [5, 5.41) is 12.8. The summed E-state index contributed by atoms with van der Waals surface area (Å²) in [7, 11) is 0. The molecule has 0 spiro atoms. The summed E-state index contributed by atoms with van der Waals surface area (Å²) in [6.07, 6.45) is 1.47. The van der Waals surface area contributed by atoms with Crippen LogP contribution >= 0.6 is 11.8 Å². The smallest absolute Gasteiger partial charge is 0.0897 e. The van der Waals surface area contributed by atoms with Gasteiger partial charge in [0.25, 0.3) is 0 Å². The maximum atomic E-state index is 9.60. The summed E-state index contributed by atoms with van der Waals surface area (Å²) in [4.78, 5) is 0. The zero-order valence-corrected chi connectivity index (χ0v) is 11.5. The molecule has 0 rings (SSSR count). The molecule has 0 bridgehead atoms. The number of rotatable bonds is 9. The van der Waals surface area contributed by atoms with Gasteiger partial charge in [-0.05, 0) is 20.8 Å². The molecule has 0 radical (unpaired) electrons. The molecule has 0 aliphatic carbocycles. The second kappa shape index (κ2) is 9.05. The van der Waals surface area contributed by atoms with Crippen LogP contribution in [0.1, 0.15) is 20.8 Å². The van der Waals surface area contributed by atoms with Gasteiger partial charge in [-0.3, -0.25) is 0 Å². The molecule has 0 aromatic rings. The number of hydrogen-bond acceptors (Lipinski definition) is 4. The lowest BCUT2D eigenvalue weighted by molar-refractivity contribution is -0.0477. The van der Waals surface area contributed by atoms with E-state index in [-0.39, 0.29) is 5.60 Å². The first-order chi connectivity index (χ1) is 7.45. The Morgan fingerprint density at radius 1 is 1.50 bits per heavy atom. The number of hydrogen-bond donors (Lipinski definition) is 2. The molecule has 96 valence electrons. The zero-order valence-electron chi connectivity index (χ0n) is 10.7. The maximum absolute atomic E-state index is 9.60. The molecule has 3 nitrogen and oxygen atoms in total. The van der Waals surface area contributed by atoms with Gasteiger partial charge in [0.05, 0.1) is 18.3 Å². The van der Waals surface area contributed by atoms with E-state index in [0.717, 1.165) is 18.1 Å². The fourth-order valence-electron chi connectivity index (χ4n) is 0.985. The zero-order chi connectivity index (χ0) is 12.4. The third-order valence-corrected chi connectivity index (χ3v) is 2.71. The first kappa shape index (κ1) is 16.0. The molecule has 0 aliphatic heterocycles. The van der Waals surface area contributed by atoms with E-state index in [2.05, 4.69) is 11.9 Å². The first-order valence-corrected chi connectivity index (χ1v) is 6.82. The summed E-state index contributed by atoms with van der Waals surface area (Å²) in [6.45, 7) is 11.5. The van der Waals surface area contributed by atoms with Crippen LogP contribution in [-0.2, 0) is 4.74 Å². The highest BCUT2D eigenvalue weighted by Crippen LogP contribution is 2.06. The van der Waals surface area contributed by atoms with E-state index in [1.165, 1.54) is 0 Å². The molecule has 0 aromatic heterocycles. The van der Waals surface area contributed by atoms with Crippen LogP contribution in [-0.4, -0.2) is 48.0 Å². The number of ether oxygens (including phenoxy) is 1. The van der Waals surface area contributed by atoms with Gasteiger partial charge in [-0.1, -0.05) is 6.08 Å². The Kier molecular flexibility index (Phi) is 9.03. The number of aliphatic hydroxyl groups is 1. The van der Waals surface area contributed by atoms with Crippen LogP contribution in [0.2, 0.25) is 0 Å². The topological polar surface area (TPSA) is 41.5 Å². The summed E-state index contributed by atoms with van der Waals surface area (Å²) < 4.78 is 5.48. The Morgan fingerprint density at radius 3 is 2.75 bits per heavy atom. The van der Waals surface area contributed by atoms with Gasteiger partial charge < -0.3 is 15.2 Å². The van der Waals surface area contributed by atoms with Crippen molar-refractivity contribution in [2.24, 2.45) is 0 Å². The summed E-state index contributed by atoms with van der Waals surface area (Å²) in [6, 6.07) is 0. The number of nitrogens with one attached hydrogen (secondary N) is 1. The van der Waals surface area contributed by atoms with Crippen molar-refractivity contribution in [1.29, 1.82) is 0 Å². The van der Waals surface area contributed by atoms with Crippen molar-refractivity contribution < 1.29 is 9.84 Å². The Labute approximate surface area is 104 Å². The molecule has 0 amide bonds. The normalized spacial score (nSPS) is 13.8. The number of aliphatic hydroxyl groups excluding tert-OH is 1. The van der Waals surface area contributed by atoms with Crippen molar-refractivity contribution in [3.05, 3.63) is 12.7 Å². The molecule has 4 heteroatoms. The summed E-state index contributed by atoms with van der Waals surface area (Å²) in [5.74, 6) is 2.02. The first-order valence-electron chi connectivity index (χ1n) is 5.67. The third-order valence-electron chi connectivity index (χ3n) is 1.75. The van der Waals surface area contributed by atoms with E-state index in [1.54, 1.807) is 0 Å². The van der Waals surface area contributed by atoms with Crippen molar-refractivity contribution in [3.8, 4) is 0 Å². The lowest BCUT2D eigenvalue weighted by atomic mass is 10.2. The average molecular weight is 247 g/mol. The van der Waals surface area contributed by atoms with E-state index in [1.807, 2.05) is 38.6 Å². The van der Waals surface area contributed by atoms with Crippen LogP contribution in [0, 0.1) is 0 Å². The predicted octanol–water partition coefficient (Wildman–Crippen LogP) is 1.67. The van der Waals surface area contributed by atoms with Gasteiger partial charge in [0.1, 0.15) is 0 Å². The van der Waals surface area contributed by atoms with Gasteiger partial charge in [-0.2, -0.15) is 11.8 Å². The molecule has 16 heavy (non-hydrogen) atoms. The molecule has 0 saturated heterocycles. The van der Waals surface area contributed by atoms with Crippen LogP contribution in [0.4, 0.5) is 0 Å². The van der Waals surface area contributed by atoms with E-state index in [0.29, 0.717) is 13.2 Å². The van der Waals surface area contributed by atoms with Gasteiger partial charge in [-0.15, -0.1) is 6.58 Å². The molecule has 0 aliphatic rings. The highest BCUT2D eigenvalue weighted by atomic mass is 32.2. The van der Waals surface area contributed by atoms with Crippen LogP contribution < -0.4 is 5.32 Å². The third kappa shape index (κ3) is 12.0. The molecule has 0 aromatic carbocycles. The molecule has 2 N–H and O–H groups in total. The van der Waals surface area contributed by atoms with E-state index in [9.17, 15) is 5.11 Å². The molecular weight excluding hydrogens is 222 g/mol. The minimum absolute atomic E-state index is 0.180. The predicted molar refractivity (Wildman–Crippen MR) is 72.1 cm³/mol. The maximum Gasteiger partial charge on any atom is 0.0897 e. The summed E-state index contributed by atoms with van der Waals surface area (Å²) >= 11 is 1.83. The largest absolute Gasteiger partial charge is 0.389 e. The van der Waals surface area contributed by atoms with Crippen LogP contribution in [0.3, 0.4) is 0 Å². The van der Waals surface area contributed by atoms with Crippen molar-refractivity contribution in [2.45, 2.75) is 32.5 Å². The van der Waals surface area contributed by atoms with Crippen molar-refractivity contribution in [3.63, 3.8) is 0 Å². The second-order valence-corrected chi connectivity index (χ2v) is 5.79. The van der Waals surface area contributed by atoms with Gasteiger partial charge >= 0.3 is 0 Å². The second-order valence-electron chi connectivity index (χ2n) is 4.64. The SMILES string of the molecule is C=CCSCCNCC(O)COC(C)(C)C. The van der Waals surface area contributed by atoms with E-state index < -0.39 is 6.10 Å². The monoisotopic (exact) mass is 247 g/mol. The van der Waals surface area contributed by atoms with Crippen LogP contribution in [0.15, 0.2) is 12.7 Å². The van der Waals surface area contributed by atoms with E-state index >= 15 is 0 Å². The van der Waals surface area contributed by atoms with Crippen molar-refractivity contribution >= 4 is 11.8 Å². The highest BCUT2D eigenvalue weighted by Gasteiger charge is 2.12. The van der Waals surface area contributed by atoms with Crippen molar-refractivity contribution in [2.75, 3.05) is 31.2 Å². The fraction of sp³-hybridized carbons (Fsp3) is 0.833. The fourth-order valence-corrected chi connectivity index (χ4v) is 1.61. The molecule has 0 heterocycles. The van der Waals surface area contributed by atoms with Crippen LogP contribution in [0.25, 0.3) is 0 Å². The minimum Gasteiger partial charge on any atom is -0.389 e.